The summed E-state index contributed by atoms with van der Waals surface area (Å²) in [5.41, 5.74) is 4.60. The molecule has 3 saturated carbocycles. The summed E-state index contributed by atoms with van der Waals surface area (Å²) in [6.07, 6.45) is 10.6. The third-order valence-electron chi connectivity index (χ3n) is 19.7. The van der Waals surface area contributed by atoms with Crippen molar-refractivity contribution in [3.63, 3.8) is 0 Å². The van der Waals surface area contributed by atoms with E-state index in [9.17, 15) is 34.8 Å². The third kappa shape index (κ3) is 21.6. The summed E-state index contributed by atoms with van der Waals surface area (Å²) in [5, 5.41) is 2.28. The van der Waals surface area contributed by atoms with Crippen LogP contribution in [0.25, 0.3) is 0 Å². The van der Waals surface area contributed by atoms with Crippen molar-refractivity contribution < 1.29 is 34.8 Å². The van der Waals surface area contributed by atoms with Gasteiger partial charge in [-0.05, 0) is 194 Å². The fraction of sp³-hybridized carbons (Fsp3) is 0.577. The predicted molar refractivity (Wildman–Crippen MR) is 428 cm³/mol. The van der Waals surface area contributed by atoms with Crippen molar-refractivity contribution in [1.29, 1.82) is 0 Å². The number of nitrogens with one attached hydrogen (secondary N) is 2. The molecular weight excluding hydrogens is 1670 g/mol. The Bertz CT molecular complexity index is 3900. The van der Waals surface area contributed by atoms with Crippen LogP contribution in [0.4, 0.5) is 43.8 Å². The number of nitrogens with zero attached hydrogens (tertiary/aromatic N) is 9. The molecule has 0 unspecified atom stereocenters. The molecule has 0 radical (unpaired) electrons. The van der Waals surface area contributed by atoms with Crippen LogP contribution in [0.15, 0.2) is 103 Å². The lowest BCUT2D eigenvalue weighted by molar-refractivity contribution is -0.144. The van der Waals surface area contributed by atoms with Crippen LogP contribution in [0.3, 0.4) is 0 Å². The Kier molecular flexibility index (Phi) is 32.2. The van der Waals surface area contributed by atoms with Crippen molar-refractivity contribution in [2.75, 3.05) is 54.0 Å². The summed E-state index contributed by atoms with van der Waals surface area (Å²) in [6, 6.07) is 15.8. The van der Waals surface area contributed by atoms with Gasteiger partial charge in [0.05, 0.1) is 80.2 Å². The lowest BCUT2D eigenvalue weighted by Crippen LogP contribution is -2.51. The normalized spacial score (nSPS) is 20.5. The van der Waals surface area contributed by atoms with Gasteiger partial charge < -0.3 is 20.4 Å². The average molecular weight is 1760 g/mol. The maximum Gasteiger partial charge on any atom is 0.436 e. The summed E-state index contributed by atoms with van der Waals surface area (Å²) < 4.78 is 116. The Labute approximate surface area is 666 Å². The Morgan fingerprint density at radius 3 is 1.09 bits per heavy atom. The molecular formula is C71H95Cl6F6IN12O2S5. The number of nitrogens with two attached hydrogens (primary N) is 1. The first kappa shape index (κ1) is 89.5. The van der Waals surface area contributed by atoms with Crippen molar-refractivity contribution in [2.24, 2.45) is 22.0 Å². The molecule has 6 aliphatic rings. The second-order valence-electron chi connectivity index (χ2n) is 28.0. The number of hydrogen-bond donors (Lipinski definition) is 3. The lowest BCUT2D eigenvalue weighted by atomic mass is 9.74. The minimum atomic E-state index is -4.68. The van der Waals surface area contributed by atoms with Crippen LogP contribution in [0, 0.1) is 19.9 Å². The zero-order valence-corrected chi connectivity index (χ0v) is 66.2. The van der Waals surface area contributed by atoms with E-state index in [2.05, 4.69) is 61.9 Å². The van der Waals surface area contributed by atoms with Gasteiger partial charge >= 0.3 is 12.4 Å². The van der Waals surface area contributed by atoms with Crippen LogP contribution in [0.5, 0.6) is 0 Å². The summed E-state index contributed by atoms with van der Waals surface area (Å²) in [6.45, 7) is 16.2. The highest BCUT2D eigenvalue weighted by Crippen LogP contribution is 2.52. The summed E-state index contributed by atoms with van der Waals surface area (Å²) >= 11 is 42.1. The largest absolute Gasteiger partial charge is 0.436 e. The van der Waals surface area contributed by atoms with Crippen molar-refractivity contribution >= 4 is 167 Å². The van der Waals surface area contributed by atoms with Gasteiger partial charge in [0.25, 0.3) is 0 Å². The van der Waals surface area contributed by atoms with Crippen molar-refractivity contribution in [2.45, 2.75) is 237 Å². The first-order valence-electron chi connectivity index (χ1n) is 32.7. The van der Waals surface area contributed by atoms with Crippen LogP contribution in [0.2, 0.25) is 30.1 Å². The highest BCUT2D eigenvalue weighted by Gasteiger charge is 2.49. The van der Waals surface area contributed by atoms with Crippen molar-refractivity contribution in [3.05, 3.63) is 118 Å². The molecule has 6 fully saturated rings. The van der Waals surface area contributed by atoms with Crippen LogP contribution < -0.4 is 29.9 Å². The van der Waals surface area contributed by atoms with E-state index in [1.807, 2.05) is 69.7 Å². The molecule has 0 amide bonds. The number of halogens is 13. The molecule has 103 heavy (non-hydrogen) atoms. The topological polar surface area (TPSA) is 171 Å². The monoisotopic (exact) mass is 1760 g/mol. The summed E-state index contributed by atoms with van der Waals surface area (Å²) in [7, 11) is -2.20. The van der Waals surface area contributed by atoms with Gasteiger partial charge in [0, 0.05) is 72.1 Å². The molecule has 3 aromatic heterocycles. The molecule has 3 saturated heterocycles. The number of alkyl halides is 6. The third-order valence-corrected chi connectivity index (χ3v) is 30.0. The summed E-state index contributed by atoms with van der Waals surface area (Å²) in [4.78, 5) is 33.5. The van der Waals surface area contributed by atoms with E-state index in [0.29, 0.717) is 52.1 Å². The highest BCUT2D eigenvalue weighted by molar-refractivity contribution is 14.1. The molecule has 6 aromatic rings. The van der Waals surface area contributed by atoms with Crippen LogP contribution in [0.1, 0.15) is 179 Å². The van der Waals surface area contributed by atoms with E-state index in [1.54, 1.807) is 42.5 Å². The Morgan fingerprint density at radius 1 is 0.476 bits per heavy atom. The van der Waals surface area contributed by atoms with Gasteiger partial charge in [-0.1, -0.05) is 172 Å². The second kappa shape index (κ2) is 37.1. The molecule has 14 nitrogen and oxygen atoms in total. The van der Waals surface area contributed by atoms with E-state index < -0.39 is 45.7 Å². The van der Waals surface area contributed by atoms with E-state index in [4.69, 9.17) is 80.3 Å². The molecule has 12 rings (SSSR count). The second-order valence-corrected chi connectivity index (χ2v) is 38.4. The van der Waals surface area contributed by atoms with E-state index in [-0.39, 0.29) is 109 Å². The predicted octanol–water partition coefficient (Wildman–Crippen LogP) is 22.5. The fourth-order valence-electron chi connectivity index (χ4n) is 13.9. The highest BCUT2D eigenvalue weighted by atomic mass is 127. The van der Waals surface area contributed by atoms with Gasteiger partial charge in [0.15, 0.2) is 11.4 Å². The molecule has 4 N–H and O–H groups in total. The van der Waals surface area contributed by atoms with E-state index in [0.717, 1.165) is 140 Å². The smallest absolute Gasteiger partial charge is 0.355 e. The number of aromatic nitrogens is 6. The zero-order chi connectivity index (χ0) is 71.6. The molecule has 3 spiro atoms. The Balaban J connectivity index is 0.000000239. The number of anilines is 3. The fourth-order valence-corrected chi connectivity index (χ4v) is 20.6. The van der Waals surface area contributed by atoms with E-state index in [1.165, 1.54) is 37.0 Å². The van der Waals surface area contributed by atoms with Gasteiger partial charge in [0.1, 0.15) is 36.2 Å². The van der Waals surface area contributed by atoms with Crippen molar-refractivity contribution in [1.82, 2.24) is 39.3 Å². The number of piperidine rings is 3. The first-order chi connectivity index (χ1) is 46.6. The molecule has 3 aliphatic heterocycles. The molecule has 32 heteroatoms. The van der Waals surface area contributed by atoms with Gasteiger partial charge in [0.2, 0.25) is 0 Å². The Hall–Kier alpha value is -2.42. The summed E-state index contributed by atoms with van der Waals surface area (Å²) in [5.74, 6) is 1.36. The Morgan fingerprint density at radius 2 is 0.777 bits per heavy atom. The molecule has 3 aromatic carbocycles. The molecule has 3 aliphatic carbocycles. The van der Waals surface area contributed by atoms with Crippen molar-refractivity contribution in [3.8, 4) is 0 Å². The van der Waals surface area contributed by atoms with Gasteiger partial charge in [-0.15, -0.1) is 0 Å². The van der Waals surface area contributed by atoms with Gasteiger partial charge in [-0.3, -0.25) is 0 Å². The SMILES string of the molecule is C.C.C.C.CC(C)(C)[S@@](=O)N[C@@H]1CCCC12CCN(c1cnc(Sc3cccc(Cl)c3Cl)c(C(F)(F)F)n1)CC2.CC(C)(C)[S@@](=O)N[C@@H]1CCCC12CCN(c1cnc(Sc3cccc(Cl)c3Cl)c(I)n1)CC2.N[C@@H]1CCCC12CCN(c1cnc(Sc3cccc(Cl)c3Cl)c(C(F)(F)F)n1)CC2. The number of benzene rings is 3. The minimum Gasteiger partial charge on any atom is -0.355 e. The maximum atomic E-state index is 14.0. The van der Waals surface area contributed by atoms with Gasteiger partial charge in [-0.25, -0.2) is 47.8 Å². The van der Waals surface area contributed by atoms with Gasteiger partial charge in [-0.2, -0.15) is 26.3 Å². The molecule has 5 atom stereocenters. The number of rotatable bonds is 13. The van der Waals surface area contributed by atoms with Crippen LogP contribution >= 0.6 is 127 Å². The van der Waals surface area contributed by atoms with E-state index >= 15 is 0 Å². The standard InChI is InChI=1S/C24H29Cl2F3N4OS2.C23H29Cl2IN4OS2.C20H21Cl2F3N4S.4CH4/c1-22(2,3)36(34)32-17-8-5-9-23(17)10-12-33(13-11-23)18-14-30-21(20(31-18)24(27,28)29)35-16-7-4-6-15(25)19(16)26;1-22(2,3)33(31)29-17-8-5-9-23(17)10-12-30(13-11-23)18-14-27-21(20(26)28-18)32-16-7-4-6-15(24)19(16)25;21-12-3-1-4-13(16(12)22)30-18-17(20(23,24)25)28-15(11-27-18)29-9-7-19(8-10-29)6-2-5-14(19)26;;;;/h4,6-7,14,17,32H,5,8-13H2,1-3H3;4,6-7,14,17,29H,5,8-13H2,1-3H3;1,3-4,11,14H,2,5-10,26H2;4*1H4/t17-,36-;17-,33-;14-;;;;/m111..../s1. The number of hydrogen-bond acceptors (Lipinski definition) is 15. The van der Waals surface area contributed by atoms with Crippen LogP contribution in [-0.2, 0) is 34.3 Å². The molecule has 0 bridgehead atoms. The van der Waals surface area contributed by atoms with Crippen LogP contribution in [-0.4, -0.2) is 105 Å². The molecule has 572 valence electrons. The quantitative estimate of drug-likeness (QED) is 0.0736. The lowest BCUT2D eigenvalue weighted by Gasteiger charge is -2.44. The average Bonchev–Trinajstić information content (AvgIpc) is 1.76. The molecule has 6 heterocycles. The minimum absolute atomic E-state index is 0. The first-order valence-corrected chi connectivity index (χ1v) is 40.8. The maximum absolute atomic E-state index is 14.0. The zero-order valence-electron chi connectivity index (χ0n) is 55.4.